The Kier molecular flexibility index (Phi) is 6.24. The summed E-state index contributed by atoms with van der Waals surface area (Å²) in [5.41, 5.74) is 5.82. The van der Waals surface area contributed by atoms with Crippen molar-refractivity contribution < 1.29 is 4.39 Å². The molecule has 2 rings (SSSR count). The summed E-state index contributed by atoms with van der Waals surface area (Å²) < 4.78 is 14.5. The molecule has 0 saturated carbocycles. The first kappa shape index (κ1) is 19.5. The van der Waals surface area contributed by atoms with Crippen LogP contribution in [0.1, 0.15) is 47.1 Å². The fraction of sp³-hybridized carbons (Fsp3) is 0.391. The van der Waals surface area contributed by atoms with Crippen LogP contribution in [-0.4, -0.2) is 8.07 Å². The van der Waals surface area contributed by atoms with Crippen LogP contribution in [-0.2, 0) is 0 Å². The summed E-state index contributed by atoms with van der Waals surface area (Å²) in [5, 5.41) is 2.28. The molecule has 0 bridgehead atoms. The molecule has 0 N–H and O–H groups in total. The maximum atomic E-state index is 14.5. The Bertz CT molecular complexity index is 797. The summed E-state index contributed by atoms with van der Waals surface area (Å²) in [6.45, 7) is 13.5. The molecule has 0 fully saturated rings. The highest BCUT2D eigenvalue weighted by Crippen LogP contribution is 2.40. The number of hydrogen-bond acceptors (Lipinski definition) is 0. The Hall–Kier alpha value is -1.85. The van der Waals surface area contributed by atoms with Crippen LogP contribution in [0.5, 0.6) is 0 Å². The van der Waals surface area contributed by atoms with Crippen LogP contribution in [0.4, 0.5) is 4.39 Å². The largest absolute Gasteiger partial charge is 0.197 e. The Morgan fingerprint density at radius 3 is 2.00 bits per heavy atom. The standard InChI is InChI=1S/C23H29FSi/c1-17(2)25(18(3)4,19(5)6)14-13-23(24)16-20-11-12-21-9-7-8-10-22(21)15-20/h7-12,15-19H,1-6H3/b23-16+. The van der Waals surface area contributed by atoms with Gasteiger partial charge in [-0.25, -0.2) is 0 Å². The number of halogens is 1. The summed E-state index contributed by atoms with van der Waals surface area (Å²) in [6.07, 6.45) is 1.56. The molecule has 0 atom stereocenters. The second-order valence-corrected chi connectivity index (χ2v) is 13.3. The molecule has 0 aliphatic heterocycles. The van der Waals surface area contributed by atoms with Gasteiger partial charge in [0.2, 0.25) is 0 Å². The minimum Gasteiger partial charge on any atom is -0.197 e. The van der Waals surface area contributed by atoms with Crippen LogP contribution in [0.3, 0.4) is 0 Å². The lowest BCUT2D eigenvalue weighted by molar-refractivity contribution is 0.683. The van der Waals surface area contributed by atoms with E-state index in [4.69, 9.17) is 0 Å². The molecule has 0 nitrogen and oxygen atoms in total. The molecule has 0 aliphatic carbocycles. The van der Waals surface area contributed by atoms with Gasteiger partial charge in [-0.15, -0.1) is 5.54 Å². The molecule has 0 heterocycles. The van der Waals surface area contributed by atoms with Crippen molar-refractivity contribution in [1.82, 2.24) is 0 Å². The van der Waals surface area contributed by atoms with Crippen molar-refractivity contribution in [1.29, 1.82) is 0 Å². The molecular weight excluding hydrogens is 323 g/mol. The predicted molar refractivity (Wildman–Crippen MR) is 112 cm³/mol. The van der Waals surface area contributed by atoms with Crippen molar-refractivity contribution in [3.8, 4) is 11.5 Å². The van der Waals surface area contributed by atoms with Crippen LogP contribution < -0.4 is 0 Å². The zero-order valence-corrected chi connectivity index (χ0v) is 17.2. The van der Waals surface area contributed by atoms with E-state index in [1.165, 1.54) is 0 Å². The van der Waals surface area contributed by atoms with E-state index in [9.17, 15) is 4.39 Å². The molecule has 0 spiro atoms. The van der Waals surface area contributed by atoms with E-state index >= 15 is 0 Å². The fourth-order valence-electron chi connectivity index (χ4n) is 4.08. The number of hydrogen-bond donors (Lipinski definition) is 0. The number of rotatable bonds is 4. The highest BCUT2D eigenvalue weighted by Gasteiger charge is 2.41. The van der Waals surface area contributed by atoms with Crippen LogP contribution in [0.2, 0.25) is 16.6 Å². The van der Waals surface area contributed by atoms with Gasteiger partial charge in [-0.05, 0) is 51.0 Å². The zero-order valence-electron chi connectivity index (χ0n) is 16.2. The molecule has 2 heteroatoms. The number of allylic oxidation sites excluding steroid dienone is 1. The van der Waals surface area contributed by atoms with Gasteiger partial charge in [-0.2, -0.15) is 4.39 Å². The first-order valence-corrected chi connectivity index (χ1v) is 11.4. The Labute approximate surface area is 153 Å². The van der Waals surface area contributed by atoms with Crippen molar-refractivity contribution in [3.05, 3.63) is 53.9 Å². The van der Waals surface area contributed by atoms with Crippen molar-refractivity contribution in [2.24, 2.45) is 0 Å². The predicted octanol–water partition coefficient (Wildman–Crippen LogP) is 7.37. The van der Waals surface area contributed by atoms with Gasteiger partial charge in [0, 0.05) is 0 Å². The van der Waals surface area contributed by atoms with Gasteiger partial charge in [0.1, 0.15) is 8.07 Å². The van der Waals surface area contributed by atoms with Crippen LogP contribution in [0.25, 0.3) is 16.8 Å². The number of benzene rings is 2. The molecule has 25 heavy (non-hydrogen) atoms. The second kappa shape index (κ2) is 8.02. The average molecular weight is 353 g/mol. The first-order valence-electron chi connectivity index (χ1n) is 9.16. The molecule has 0 saturated heterocycles. The number of fused-ring (bicyclic) bond motifs is 1. The van der Waals surface area contributed by atoms with E-state index < -0.39 is 8.07 Å². The van der Waals surface area contributed by atoms with E-state index in [0.29, 0.717) is 16.6 Å². The van der Waals surface area contributed by atoms with E-state index in [1.54, 1.807) is 6.08 Å². The Balaban J connectivity index is 2.38. The minimum absolute atomic E-state index is 0.339. The van der Waals surface area contributed by atoms with E-state index in [0.717, 1.165) is 16.3 Å². The SMILES string of the molecule is CC(C)[Si](C#C/C(F)=C\c1ccc2ccccc2c1)(C(C)C)C(C)C. The summed E-state index contributed by atoms with van der Waals surface area (Å²) in [7, 11) is -1.89. The summed E-state index contributed by atoms with van der Waals surface area (Å²) >= 11 is 0. The average Bonchev–Trinajstić information content (AvgIpc) is 2.54. The van der Waals surface area contributed by atoms with E-state index in [1.807, 2.05) is 36.4 Å². The fourth-order valence-corrected chi connectivity index (χ4v) is 9.28. The van der Waals surface area contributed by atoms with Crippen molar-refractivity contribution in [2.75, 3.05) is 0 Å². The highest BCUT2D eigenvalue weighted by molar-refractivity contribution is 6.90. The summed E-state index contributed by atoms with van der Waals surface area (Å²) in [6, 6.07) is 14.1. The third kappa shape index (κ3) is 4.22. The van der Waals surface area contributed by atoms with Gasteiger partial charge in [-0.3, -0.25) is 0 Å². The van der Waals surface area contributed by atoms with E-state index in [-0.39, 0.29) is 5.83 Å². The highest BCUT2D eigenvalue weighted by atomic mass is 28.3. The van der Waals surface area contributed by atoms with Gasteiger partial charge in [-0.1, -0.05) is 77.9 Å². The topological polar surface area (TPSA) is 0 Å². The molecule has 0 amide bonds. The molecule has 0 aliphatic rings. The molecule has 0 radical (unpaired) electrons. The molecular formula is C23H29FSi. The lowest BCUT2D eigenvalue weighted by Crippen LogP contribution is -2.43. The van der Waals surface area contributed by atoms with Crippen molar-refractivity contribution in [2.45, 2.75) is 58.2 Å². The van der Waals surface area contributed by atoms with Gasteiger partial charge in [0.05, 0.1) is 0 Å². The Morgan fingerprint density at radius 2 is 1.44 bits per heavy atom. The Morgan fingerprint density at radius 1 is 0.880 bits per heavy atom. The lowest BCUT2D eigenvalue weighted by Gasteiger charge is -2.37. The molecule has 0 aromatic heterocycles. The van der Waals surface area contributed by atoms with Crippen molar-refractivity contribution >= 4 is 24.9 Å². The van der Waals surface area contributed by atoms with Crippen LogP contribution in [0, 0.1) is 11.5 Å². The van der Waals surface area contributed by atoms with Crippen LogP contribution in [0.15, 0.2) is 48.3 Å². The van der Waals surface area contributed by atoms with E-state index in [2.05, 4.69) is 59.1 Å². The molecule has 132 valence electrons. The third-order valence-electron chi connectivity index (χ3n) is 5.33. The maximum absolute atomic E-state index is 14.5. The maximum Gasteiger partial charge on any atom is 0.173 e. The molecule has 2 aromatic carbocycles. The van der Waals surface area contributed by atoms with Crippen molar-refractivity contribution in [3.63, 3.8) is 0 Å². The van der Waals surface area contributed by atoms with Gasteiger partial charge < -0.3 is 0 Å². The normalized spacial score (nSPS) is 12.8. The molecule has 0 unspecified atom stereocenters. The van der Waals surface area contributed by atoms with Gasteiger partial charge in [0.15, 0.2) is 5.83 Å². The van der Waals surface area contributed by atoms with Crippen LogP contribution >= 0.6 is 0 Å². The third-order valence-corrected chi connectivity index (χ3v) is 11.6. The van der Waals surface area contributed by atoms with Gasteiger partial charge >= 0.3 is 0 Å². The molecule has 2 aromatic rings. The zero-order chi connectivity index (χ0) is 18.6. The lowest BCUT2D eigenvalue weighted by atomic mass is 10.1. The quantitative estimate of drug-likeness (QED) is 0.398. The summed E-state index contributed by atoms with van der Waals surface area (Å²) in [5.74, 6) is 2.53. The minimum atomic E-state index is -1.89. The smallest absolute Gasteiger partial charge is 0.173 e. The second-order valence-electron chi connectivity index (χ2n) is 7.75. The first-order chi connectivity index (χ1) is 11.8. The summed E-state index contributed by atoms with van der Waals surface area (Å²) in [4.78, 5) is 0. The monoisotopic (exact) mass is 352 g/mol. The van der Waals surface area contributed by atoms with Gasteiger partial charge in [0.25, 0.3) is 0 Å².